The molecule has 5 heteroatoms. The molecule has 1 aliphatic heterocycles. The standard InChI is InChI=1S/C17H15N3OS/c21-16(14-7-10-22-12-14)20-9-4-8-19-11-15(18-17(19)20)13-5-2-1-3-6-13/h1-3,5-7,10-12H,4,8-9H2. The highest BCUT2D eigenvalue weighted by Gasteiger charge is 2.26. The molecule has 3 aromatic rings. The topological polar surface area (TPSA) is 38.1 Å². The molecule has 2 aromatic heterocycles. The number of hydrogen-bond acceptors (Lipinski definition) is 3. The van der Waals surface area contributed by atoms with Gasteiger partial charge in [0.15, 0.2) is 0 Å². The Balaban J connectivity index is 1.72. The van der Waals surface area contributed by atoms with Crippen LogP contribution in [0.3, 0.4) is 0 Å². The van der Waals surface area contributed by atoms with E-state index in [2.05, 4.69) is 4.57 Å². The van der Waals surface area contributed by atoms with Crippen LogP contribution in [0.15, 0.2) is 53.4 Å². The minimum atomic E-state index is 0.0346. The zero-order chi connectivity index (χ0) is 14.9. The number of aromatic nitrogens is 2. The Morgan fingerprint density at radius 3 is 2.77 bits per heavy atom. The van der Waals surface area contributed by atoms with Gasteiger partial charge in [-0.2, -0.15) is 11.3 Å². The van der Waals surface area contributed by atoms with E-state index in [1.54, 1.807) is 16.2 Å². The third-order valence-corrected chi connectivity index (χ3v) is 4.54. The summed E-state index contributed by atoms with van der Waals surface area (Å²) in [6.07, 6.45) is 2.99. The molecule has 0 fully saturated rings. The van der Waals surface area contributed by atoms with E-state index in [9.17, 15) is 4.79 Å². The van der Waals surface area contributed by atoms with Crippen LogP contribution >= 0.6 is 11.3 Å². The Bertz CT molecular complexity index is 793. The molecule has 0 saturated heterocycles. The molecule has 0 N–H and O–H groups in total. The number of rotatable bonds is 2. The number of benzene rings is 1. The fourth-order valence-electron chi connectivity index (χ4n) is 2.77. The van der Waals surface area contributed by atoms with Gasteiger partial charge in [0.1, 0.15) is 0 Å². The predicted octanol–water partition coefficient (Wildman–Crippen LogP) is 3.66. The molecule has 0 spiro atoms. The Morgan fingerprint density at radius 2 is 2.00 bits per heavy atom. The molecule has 1 aliphatic rings. The summed E-state index contributed by atoms with van der Waals surface area (Å²) in [6.45, 7) is 1.63. The molecule has 3 heterocycles. The molecule has 22 heavy (non-hydrogen) atoms. The SMILES string of the molecule is O=C(c1ccsc1)N1CCCn2cc(-c3ccccc3)nc21. The van der Waals surface area contributed by atoms with Crippen LogP contribution in [-0.4, -0.2) is 22.0 Å². The third-order valence-electron chi connectivity index (χ3n) is 3.86. The first kappa shape index (κ1) is 13.3. The molecule has 1 amide bonds. The molecule has 0 aliphatic carbocycles. The highest BCUT2D eigenvalue weighted by atomic mass is 32.1. The number of carbonyl (C=O) groups excluding carboxylic acids is 1. The summed E-state index contributed by atoms with van der Waals surface area (Å²) in [5.41, 5.74) is 2.73. The van der Waals surface area contributed by atoms with Crippen molar-refractivity contribution in [3.63, 3.8) is 0 Å². The van der Waals surface area contributed by atoms with Crippen LogP contribution in [-0.2, 0) is 6.54 Å². The second-order valence-electron chi connectivity index (χ2n) is 5.31. The van der Waals surface area contributed by atoms with Crippen LogP contribution in [0.4, 0.5) is 5.95 Å². The molecule has 0 saturated carbocycles. The smallest absolute Gasteiger partial charge is 0.261 e. The Kier molecular flexibility index (Phi) is 3.27. The van der Waals surface area contributed by atoms with Gasteiger partial charge in [0.25, 0.3) is 5.91 Å². The van der Waals surface area contributed by atoms with Gasteiger partial charge in [0.2, 0.25) is 5.95 Å². The lowest BCUT2D eigenvalue weighted by atomic mass is 10.2. The van der Waals surface area contributed by atoms with Gasteiger partial charge in [0, 0.05) is 30.2 Å². The van der Waals surface area contributed by atoms with Crippen LogP contribution in [0, 0.1) is 0 Å². The molecule has 0 bridgehead atoms. The van der Waals surface area contributed by atoms with Crippen molar-refractivity contribution < 1.29 is 4.79 Å². The van der Waals surface area contributed by atoms with Crippen molar-refractivity contribution >= 4 is 23.2 Å². The van der Waals surface area contributed by atoms with Crippen LogP contribution in [0.5, 0.6) is 0 Å². The largest absolute Gasteiger partial charge is 0.316 e. The van der Waals surface area contributed by atoms with Gasteiger partial charge in [-0.25, -0.2) is 4.98 Å². The quantitative estimate of drug-likeness (QED) is 0.724. The third kappa shape index (κ3) is 2.23. The molecule has 0 radical (unpaired) electrons. The highest BCUT2D eigenvalue weighted by molar-refractivity contribution is 7.08. The zero-order valence-electron chi connectivity index (χ0n) is 12.0. The van der Waals surface area contributed by atoms with Crippen LogP contribution in [0.2, 0.25) is 0 Å². The number of nitrogens with zero attached hydrogens (tertiary/aromatic N) is 3. The lowest BCUT2D eigenvalue weighted by Gasteiger charge is -2.26. The molecular formula is C17H15N3OS. The number of aryl methyl sites for hydroxylation is 1. The number of imidazole rings is 1. The van der Waals surface area contributed by atoms with Crippen molar-refractivity contribution in [1.82, 2.24) is 9.55 Å². The van der Waals surface area contributed by atoms with Crippen LogP contribution < -0.4 is 4.90 Å². The van der Waals surface area contributed by atoms with E-state index >= 15 is 0 Å². The van der Waals surface area contributed by atoms with Crippen LogP contribution in [0.25, 0.3) is 11.3 Å². The molecule has 0 atom stereocenters. The average Bonchev–Trinajstić information content (AvgIpc) is 3.24. The Labute approximate surface area is 132 Å². The van der Waals surface area contributed by atoms with Crippen molar-refractivity contribution in [3.05, 3.63) is 58.9 Å². The zero-order valence-corrected chi connectivity index (χ0v) is 12.8. The molecule has 1 aromatic carbocycles. The molecule has 4 rings (SSSR count). The minimum Gasteiger partial charge on any atom is -0.316 e. The number of anilines is 1. The fraction of sp³-hybridized carbons (Fsp3) is 0.176. The molecule has 0 unspecified atom stereocenters. The first-order valence-corrected chi connectivity index (χ1v) is 8.24. The maximum absolute atomic E-state index is 12.6. The first-order valence-electron chi connectivity index (χ1n) is 7.29. The van der Waals surface area contributed by atoms with Gasteiger partial charge in [-0.1, -0.05) is 30.3 Å². The summed E-state index contributed by atoms with van der Waals surface area (Å²) in [5, 5.41) is 3.82. The number of amides is 1. The normalized spacial score (nSPS) is 13.9. The number of hydrogen-bond donors (Lipinski definition) is 0. The van der Waals surface area contributed by atoms with E-state index in [0.29, 0.717) is 0 Å². The summed E-state index contributed by atoms with van der Waals surface area (Å²) >= 11 is 1.54. The van der Waals surface area contributed by atoms with E-state index in [1.165, 1.54) is 0 Å². The van der Waals surface area contributed by atoms with E-state index in [4.69, 9.17) is 4.98 Å². The lowest BCUT2D eigenvalue weighted by Crippen LogP contribution is -2.37. The number of fused-ring (bicyclic) bond motifs is 1. The van der Waals surface area contributed by atoms with Gasteiger partial charge >= 0.3 is 0 Å². The monoisotopic (exact) mass is 309 g/mol. The van der Waals surface area contributed by atoms with Crippen molar-refractivity contribution in [2.45, 2.75) is 13.0 Å². The highest BCUT2D eigenvalue weighted by Crippen LogP contribution is 2.27. The van der Waals surface area contributed by atoms with Gasteiger partial charge in [-0.05, 0) is 17.9 Å². The second kappa shape index (κ2) is 5.42. The fourth-order valence-corrected chi connectivity index (χ4v) is 3.40. The summed E-state index contributed by atoms with van der Waals surface area (Å²) < 4.78 is 2.08. The van der Waals surface area contributed by atoms with Crippen molar-refractivity contribution in [2.24, 2.45) is 0 Å². The van der Waals surface area contributed by atoms with E-state index in [-0.39, 0.29) is 5.91 Å². The summed E-state index contributed by atoms with van der Waals surface area (Å²) in [7, 11) is 0. The molecule has 4 nitrogen and oxygen atoms in total. The first-order chi connectivity index (χ1) is 10.8. The number of carbonyl (C=O) groups is 1. The van der Waals surface area contributed by atoms with E-state index in [1.807, 2.05) is 53.4 Å². The maximum atomic E-state index is 12.6. The van der Waals surface area contributed by atoms with Crippen molar-refractivity contribution in [1.29, 1.82) is 0 Å². The van der Waals surface area contributed by atoms with Crippen molar-refractivity contribution in [3.8, 4) is 11.3 Å². The summed E-state index contributed by atoms with van der Waals surface area (Å²) in [4.78, 5) is 19.1. The van der Waals surface area contributed by atoms with Gasteiger partial charge in [0.05, 0.1) is 11.3 Å². The Morgan fingerprint density at radius 1 is 1.14 bits per heavy atom. The van der Waals surface area contributed by atoms with Crippen molar-refractivity contribution in [2.75, 3.05) is 11.4 Å². The molecular weight excluding hydrogens is 294 g/mol. The minimum absolute atomic E-state index is 0.0346. The van der Waals surface area contributed by atoms with Crippen LogP contribution in [0.1, 0.15) is 16.8 Å². The van der Waals surface area contributed by atoms with E-state index in [0.717, 1.165) is 42.3 Å². The Hall–Kier alpha value is -2.40. The van der Waals surface area contributed by atoms with Gasteiger partial charge < -0.3 is 4.57 Å². The average molecular weight is 309 g/mol. The summed E-state index contributed by atoms with van der Waals surface area (Å²) in [6, 6.07) is 11.9. The van der Waals surface area contributed by atoms with Gasteiger partial charge in [-0.3, -0.25) is 9.69 Å². The predicted molar refractivity (Wildman–Crippen MR) is 88.3 cm³/mol. The second-order valence-corrected chi connectivity index (χ2v) is 6.09. The number of thiophene rings is 1. The maximum Gasteiger partial charge on any atom is 0.261 e. The van der Waals surface area contributed by atoms with E-state index < -0.39 is 0 Å². The lowest BCUT2D eigenvalue weighted by molar-refractivity contribution is 0.0981. The van der Waals surface area contributed by atoms with Gasteiger partial charge in [-0.15, -0.1) is 0 Å². The summed E-state index contributed by atoms with van der Waals surface area (Å²) in [5.74, 6) is 0.786. The molecule has 110 valence electrons.